The molecule has 25 heavy (non-hydrogen) atoms. The van der Waals surface area contributed by atoms with Crippen LogP contribution in [0.15, 0.2) is 0 Å². The van der Waals surface area contributed by atoms with Gasteiger partial charge in [-0.3, -0.25) is 14.6 Å². The van der Waals surface area contributed by atoms with Crippen molar-refractivity contribution in [1.29, 1.82) is 0 Å². The van der Waals surface area contributed by atoms with E-state index in [0.717, 1.165) is 26.6 Å². The molecule has 1 saturated heterocycles. The normalized spacial score (nSPS) is 19.4. The van der Waals surface area contributed by atoms with Crippen LogP contribution >= 0.6 is 26.6 Å². The van der Waals surface area contributed by atoms with Crippen LogP contribution in [-0.4, -0.2) is 36.1 Å². The molecule has 0 unspecified atom stereocenters. The summed E-state index contributed by atoms with van der Waals surface area (Å²) in [6.07, 6.45) is -13.3. The fourth-order valence-corrected chi connectivity index (χ4v) is 3.82. The molecular weight excluding hydrogens is 445 g/mol. The fraction of sp³-hybridized carbons (Fsp3) is 0.667. The van der Waals surface area contributed by atoms with Crippen molar-refractivity contribution >= 4 is 38.6 Å². The predicted molar refractivity (Wildman–Crippen MR) is 67.5 cm³/mol. The molecule has 6 nitrogen and oxygen atoms in total. The third kappa shape index (κ3) is 7.03. The molecule has 0 aliphatic carbocycles. The lowest BCUT2D eigenvalue weighted by atomic mass is 10.3. The molecule has 0 aromatic carbocycles. The van der Waals surface area contributed by atoms with Crippen molar-refractivity contribution in [2.45, 2.75) is 24.2 Å². The monoisotopic (exact) mass is 451 g/mol. The lowest BCUT2D eigenvalue weighted by molar-refractivity contribution is -0.292. The van der Waals surface area contributed by atoms with E-state index in [4.69, 9.17) is 0 Å². The third-order valence-corrected chi connectivity index (χ3v) is 4.79. The number of hydrogen-bond acceptors (Lipinski definition) is 6. The van der Waals surface area contributed by atoms with Gasteiger partial charge in [0.25, 0.3) is 0 Å². The third-order valence-electron chi connectivity index (χ3n) is 1.79. The van der Waals surface area contributed by atoms with Gasteiger partial charge >= 0.3 is 36.1 Å². The van der Waals surface area contributed by atoms with Gasteiger partial charge in [-0.05, 0) is 0 Å². The summed E-state index contributed by atoms with van der Waals surface area (Å²) in [7, 11) is 2.29. The van der Waals surface area contributed by atoms with Gasteiger partial charge in [0.1, 0.15) is 0 Å². The Kier molecular flexibility index (Phi) is 8.86. The topological polar surface area (TPSA) is 79.5 Å². The molecule has 0 bridgehead atoms. The molecule has 3 N–H and O–H groups in total. The van der Waals surface area contributed by atoms with Crippen LogP contribution in [0.5, 0.6) is 0 Å². The van der Waals surface area contributed by atoms with Crippen LogP contribution in [0.2, 0.25) is 0 Å². The summed E-state index contributed by atoms with van der Waals surface area (Å²) in [4.78, 5) is 29.5. The fourth-order valence-electron chi connectivity index (χ4n) is 0.631. The Hall–Kier alpha value is -0.390. The number of esters is 2. The van der Waals surface area contributed by atoms with Crippen LogP contribution in [0.1, 0.15) is 0 Å². The Balaban J connectivity index is 0.000000796. The second-order valence-corrected chi connectivity index (χ2v) is 7.32. The van der Waals surface area contributed by atoms with Gasteiger partial charge in [-0.2, -0.15) is 43.9 Å². The van der Waals surface area contributed by atoms with Crippen LogP contribution in [0.4, 0.5) is 43.9 Å². The van der Waals surface area contributed by atoms with E-state index in [1.807, 2.05) is 0 Å². The van der Waals surface area contributed by atoms with Crippen molar-refractivity contribution in [3.05, 3.63) is 0 Å². The maximum atomic E-state index is 12.1. The Morgan fingerprint density at radius 2 is 0.840 bits per heavy atom. The highest BCUT2D eigenvalue weighted by Gasteiger charge is 2.69. The first-order valence-corrected chi connectivity index (χ1v) is 8.21. The van der Waals surface area contributed by atoms with Gasteiger partial charge in [-0.25, -0.2) is 9.59 Å². The molecule has 1 fully saturated rings. The lowest BCUT2D eigenvalue weighted by Gasteiger charge is -2.20. The zero-order valence-corrected chi connectivity index (χ0v) is 14.0. The van der Waals surface area contributed by atoms with Gasteiger partial charge in [0.2, 0.25) is 0 Å². The maximum Gasteiger partial charge on any atom is 0.465 e. The van der Waals surface area contributed by atoms with Gasteiger partial charge in [-0.15, -0.1) is 0 Å². The summed E-state index contributed by atoms with van der Waals surface area (Å²) < 4.78 is 120. The number of ether oxygens (including phenoxy) is 1. The number of halogens is 10. The standard InChI is InChI=1S/C6F10O3.H6N3P3/c7-3(8,5(11,12)13)1(17)19-2(18)4(9,10)6(14,15)16;1-4-2-6-3-5-1/h;1-6H. The molecule has 0 aromatic heterocycles. The quantitative estimate of drug-likeness (QED) is 0.260. The molecule has 19 heteroatoms. The first kappa shape index (κ1) is 24.6. The molecule has 1 aliphatic heterocycles. The molecule has 148 valence electrons. The number of alkyl halides is 10. The molecule has 1 heterocycles. The number of carbonyl (C=O) groups is 2. The van der Waals surface area contributed by atoms with E-state index in [-0.39, 0.29) is 0 Å². The van der Waals surface area contributed by atoms with E-state index in [9.17, 15) is 53.5 Å². The summed E-state index contributed by atoms with van der Waals surface area (Å²) in [5.74, 6) is -20.6. The summed E-state index contributed by atoms with van der Waals surface area (Å²) in [6.45, 7) is 0. The average molecular weight is 451 g/mol. The van der Waals surface area contributed by atoms with Crippen molar-refractivity contribution < 1.29 is 58.2 Å². The SMILES string of the molecule is N1PNPNP1.O=C(OC(=O)C(F)(F)C(F)(F)F)C(F)(F)C(F)(F)F. The van der Waals surface area contributed by atoms with Crippen molar-refractivity contribution in [1.82, 2.24) is 14.6 Å². The van der Waals surface area contributed by atoms with E-state index < -0.39 is 36.1 Å². The zero-order chi connectivity index (χ0) is 20.1. The Bertz CT molecular complexity index is 433. The largest absolute Gasteiger partial charge is 0.465 e. The highest BCUT2D eigenvalue weighted by Crippen LogP contribution is 2.39. The Labute approximate surface area is 136 Å². The van der Waals surface area contributed by atoms with E-state index in [1.54, 1.807) is 0 Å². The lowest BCUT2D eigenvalue weighted by Crippen LogP contribution is -2.51. The second-order valence-electron chi connectivity index (χ2n) is 3.57. The van der Waals surface area contributed by atoms with Crippen LogP contribution < -0.4 is 14.6 Å². The first-order chi connectivity index (χ1) is 11.0. The minimum Gasteiger partial charge on any atom is -0.384 e. The Morgan fingerprint density at radius 3 is 1.00 bits per heavy atom. The molecule has 0 atom stereocenters. The van der Waals surface area contributed by atoms with Gasteiger partial charge in [0, 0.05) is 26.6 Å². The highest BCUT2D eigenvalue weighted by atomic mass is 31.2. The summed E-state index contributed by atoms with van der Waals surface area (Å²) >= 11 is 0. The minimum atomic E-state index is -6.63. The van der Waals surface area contributed by atoms with Gasteiger partial charge in [0.05, 0.1) is 0 Å². The van der Waals surface area contributed by atoms with Gasteiger partial charge in [-0.1, -0.05) is 0 Å². The van der Waals surface area contributed by atoms with E-state index >= 15 is 0 Å². The molecule has 0 radical (unpaired) electrons. The minimum absolute atomic E-state index is 0.764. The summed E-state index contributed by atoms with van der Waals surface area (Å²) in [5, 5.41) is 0. The van der Waals surface area contributed by atoms with Crippen molar-refractivity contribution in [2.24, 2.45) is 0 Å². The van der Waals surface area contributed by atoms with E-state index in [2.05, 4.69) is 19.3 Å². The zero-order valence-electron chi connectivity index (χ0n) is 11.0. The maximum absolute atomic E-state index is 12.1. The van der Waals surface area contributed by atoms with E-state index in [1.165, 1.54) is 0 Å². The van der Waals surface area contributed by atoms with Crippen molar-refractivity contribution in [3.63, 3.8) is 0 Å². The van der Waals surface area contributed by atoms with Crippen LogP contribution in [-0.2, 0) is 14.3 Å². The number of carbonyl (C=O) groups excluding carboxylic acids is 2. The molecule has 0 amide bonds. The average Bonchev–Trinajstić information content (AvgIpc) is 2.47. The molecule has 0 spiro atoms. The Morgan fingerprint density at radius 1 is 0.600 bits per heavy atom. The molecule has 0 aromatic rings. The molecule has 1 rings (SSSR count). The smallest absolute Gasteiger partial charge is 0.384 e. The number of rotatable bonds is 2. The summed E-state index contributed by atoms with van der Waals surface area (Å²) in [6, 6.07) is 0. The second kappa shape index (κ2) is 9.01. The molecule has 1 aliphatic rings. The van der Waals surface area contributed by atoms with Crippen LogP contribution in [0.25, 0.3) is 0 Å². The first-order valence-electron chi connectivity index (χ1n) is 5.21. The van der Waals surface area contributed by atoms with Crippen molar-refractivity contribution in [2.75, 3.05) is 0 Å². The summed E-state index contributed by atoms with van der Waals surface area (Å²) in [5.41, 5.74) is 0. The molecular formula is C6H6F10N3O3P3. The number of nitrogens with one attached hydrogen (secondary N) is 3. The molecule has 0 saturated carbocycles. The van der Waals surface area contributed by atoms with Gasteiger partial charge < -0.3 is 4.74 Å². The van der Waals surface area contributed by atoms with Crippen molar-refractivity contribution in [3.8, 4) is 0 Å². The van der Waals surface area contributed by atoms with Crippen LogP contribution in [0, 0.1) is 0 Å². The van der Waals surface area contributed by atoms with E-state index in [0.29, 0.717) is 0 Å². The number of hydrogen-bond donors (Lipinski definition) is 3. The predicted octanol–water partition coefficient (Wildman–Crippen LogP) is 2.75. The highest BCUT2D eigenvalue weighted by molar-refractivity contribution is 7.65. The van der Waals surface area contributed by atoms with Crippen LogP contribution in [0.3, 0.4) is 0 Å². The van der Waals surface area contributed by atoms with Gasteiger partial charge in [0.15, 0.2) is 0 Å².